The van der Waals surface area contributed by atoms with Crippen LogP contribution < -0.4 is 0 Å². The summed E-state index contributed by atoms with van der Waals surface area (Å²) in [5, 5.41) is 11.0. The highest BCUT2D eigenvalue weighted by molar-refractivity contribution is 5.47. The van der Waals surface area contributed by atoms with Gasteiger partial charge in [-0.25, -0.2) is 0 Å². The lowest BCUT2D eigenvalue weighted by Gasteiger charge is -2.14. The Balaban J connectivity index is 1.58. The van der Waals surface area contributed by atoms with Crippen LogP contribution in [0.15, 0.2) is 72.8 Å². The van der Waals surface area contributed by atoms with E-state index < -0.39 is 0 Å². The van der Waals surface area contributed by atoms with Gasteiger partial charge in [-0.2, -0.15) is 0 Å². The van der Waals surface area contributed by atoms with Crippen LogP contribution in [0.3, 0.4) is 0 Å². The quantitative estimate of drug-likeness (QED) is 0.239. The lowest BCUT2D eigenvalue weighted by Crippen LogP contribution is -2.01. The smallest absolute Gasteiger partial charge is 0.122 e. The molecule has 0 heterocycles. The Bertz CT molecular complexity index is 856. The summed E-state index contributed by atoms with van der Waals surface area (Å²) >= 11 is 0. The molecular weight excluding hydrogens is 404 g/mol. The lowest BCUT2D eigenvalue weighted by molar-refractivity contribution is 0.116. The average Bonchev–Trinajstić information content (AvgIpc) is 2.84. The summed E-state index contributed by atoms with van der Waals surface area (Å²) in [6.07, 6.45) is 11.9. The van der Waals surface area contributed by atoms with Crippen molar-refractivity contribution in [3.8, 4) is 5.75 Å². The molecular formula is C31H40O2. The summed E-state index contributed by atoms with van der Waals surface area (Å²) in [6.45, 7) is 3.67. The van der Waals surface area contributed by atoms with Crippen LogP contribution in [0.4, 0.5) is 0 Å². The van der Waals surface area contributed by atoms with Crippen molar-refractivity contribution >= 4 is 0 Å². The van der Waals surface area contributed by atoms with E-state index in [9.17, 15) is 5.11 Å². The van der Waals surface area contributed by atoms with Crippen molar-refractivity contribution in [2.75, 3.05) is 6.61 Å². The van der Waals surface area contributed by atoms with Gasteiger partial charge in [-0.3, -0.25) is 0 Å². The van der Waals surface area contributed by atoms with Gasteiger partial charge in [0.05, 0.1) is 6.61 Å². The number of hydrogen-bond acceptors (Lipinski definition) is 2. The number of phenols is 1. The van der Waals surface area contributed by atoms with Crippen LogP contribution in [0.5, 0.6) is 5.75 Å². The summed E-state index contributed by atoms with van der Waals surface area (Å²) in [6, 6.07) is 24.9. The van der Waals surface area contributed by atoms with Crippen molar-refractivity contribution in [1.29, 1.82) is 0 Å². The van der Waals surface area contributed by atoms with E-state index in [4.69, 9.17) is 4.74 Å². The molecule has 0 amide bonds. The third-order valence-electron chi connectivity index (χ3n) is 6.21. The Kier molecular flexibility index (Phi) is 11.0. The fourth-order valence-corrected chi connectivity index (χ4v) is 4.34. The molecule has 0 atom stereocenters. The number of rotatable bonds is 15. The Labute approximate surface area is 200 Å². The first kappa shape index (κ1) is 25.1. The van der Waals surface area contributed by atoms with E-state index in [2.05, 4.69) is 43.3 Å². The number of aromatic hydroxyl groups is 1. The molecule has 3 rings (SSSR count). The molecule has 2 heteroatoms. The molecule has 3 aromatic carbocycles. The van der Waals surface area contributed by atoms with Crippen LogP contribution in [0.2, 0.25) is 0 Å². The highest BCUT2D eigenvalue weighted by Crippen LogP contribution is 2.29. The van der Waals surface area contributed by atoms with Gasteiger partial charge in [0, 0.05) is 19.4 Å². The minimum atomic E-state index is 0.412. The molecule has 3 aromatic rings. The van der Waals surface area contributed by atoms with E-state index in [1.54, 1.807) is 0 Å². The second-order valence-electron chi connectivity index (χ2n) is 9.11. The van der Waals surface area contributed by atoms with Gasteiger partial charge in [-0.15, -0.1) is 0 Å². The predicted molar refractivity (Wildman–Crippen MR) is 139 cm³/mol. The minimum Gasteiger partial charge on any atom is -0.507 e. The highest BCUT2D eigenvalue weighted by atomic mass is 16.5. The van der Waals surface area contributed by atoms with Crippen molar-refractivity contribution in [3.05, 3.63) is 101 Å². The molecule has 0 saturated heterocycles. The van der Waals surface area contributed by atoms with Gasteiger partial charge < -0.3 is 9.84 Å². The van der Waals surface area contributed by atoms with E-state index in [1.165, 1.54) is 56.1 Å². The number of phenolic OH excluding ortho intramolecular Hbond substituents is 1. The summed E-state index contributed by atoms with van der Waals surface area (Å²) < 4.78 is 6.03. The van der Waals surface area contributed by atoms with E-state index >= 15 is 0 Å². The molecule has 0 fully saturated rings. The van der Waals surface area contributed by atoms with Gasteiger partial charge in [-0.05, 0) is 46.4 Å². The molecule has 0 aliphatic rings. The molecule has 0 saturated carbocycles. The maximum Gasteiger partial charge on any atom is 0.122 e. The number of hydrogen-bond donors (Lipinski definition) is 1. The average molecular weight is 445 g/mol. The third kappa shape index (κ3) is 9.06. The molecule has 0 aliphatic carbocycles. The first-order chi connectivity index (χ1) is 16.3. The minimum absolute atomic E-state index is 0.412. The van der Waals surface area contributed by atoms with Crippen molar-refractivity contribution < 1.29 is 9.84 Å². The first-order valence-electron chi connectivity index (χ1n) is 12.8. The second-order valence-corrected chi connectivity index (χ2v) is 9.11. The predicted octanol–water partition coefficient (Wildman–Crippen LogP) is 8.23. The normalized spacial score (nSPS) is 11.1. The van der Waals surface area contributed by atoms with Gasteiger partial charge >= 0.3 is 0 Å². The standard InChI is InChI=1S/C31H40O2/c1-2-3-4-5-6-7-8-15-20-33-25-28-23-29(21-26-16-11-9-12-17-26)31(32)30(24-28)22-27-18-13-10-14-19-27/h9-14,16-19,23-24,32H,2-8,15,20-22,25H2,1H3. The molecule has 0 unspecified atom stereocenters. The monoisotopic (exact) mass is 444 g/mol. The van der Waals surface area contributed by atoms with Crippen LogP contribution in [0, 0.1) is 0 Å². The van der Waals surface area contributed by atoms with Gasteiger partial charge in [0.1, 0.15) is 5.75 Å². The fraction of sp³-hybridized carbons (Fsp3) is 0.419. The van der Waals surface area contributed by atoms with Crippen LogP contribution in [-0.4, -0.2) is 11.7 Å². The van der Waals surface area contributed by atoms with Crippen LogP contribution in [0.1, 0.15) is 86.1 Å². The molecule has 2 nitrogen and oxygen atoms in total. The molecule has 0 radical (unpaired) electrons. The molecule has 0 aliphatic heterocycles. The summed E-state index contributed by atoms with van der Waals surface area (Å²) in [5.74, 6) is 0.412. The molecule has 33 heavy (non-hydrogen) atoms. The SMILES string of the molecule is CCCCCCCCCCOCc1cc(Cc2ccccc2)c(O)c(Cc2ccccc2)c1. The van der Waals surface area contributed by atoms with E-state index in [-0.39, 0.29) is 0 Å². The maximum atomic E-state index is 11.0. The third-order valence-corrected chi connectivity index (χ3v) is 6.21. The Hall–Kier alpha value is -2.58. The molecule has 0 spiro atoms. The zero-order valence-corrected chi connectivity index (χ0v) is 20.3. The van der Waals surface area contributed by atoms with Crippen molar-refractivity contribution in [1.82, 2.24) is 0 Å². The molecule has 176 valence electrons. The van der Waals surface area contributed by atoms with Gasteiger partial charge in [-0.1, -0.05) is 113 Å². The van der Waals surface area contributed by atoms with E-state index in [0.717, 1.165) is 42.6 Å². The zero-order valence-electron chi connectivity index (χ0n) is 20.3. The van der Waals surface area contributed by atoms with Gasteiger partial charge in [0.15, 0.2) is 0 Å². The number of benzene rings is 3. The Morgan fingerprint density at radius 3 is 1.61 bits per heavy atom. The highest BCUT2D eigenvalue weighted by Gasteiger charge is 2.12. The Morgan fingerprint density at radius 2 is 1.09 bits per heavy atom. The topological polar surface area (TPSA) is 29.5 Å². The largest absolute Gasteiger partial charge is 0.507 e. The second kappa shape index (κ2) is 14.5. The summed E-state index contributed by atoms with van der Waals surface area (Å²) in [7, 11) is 0. The zero-order chi connectivity index (χ0) is 23.1. The maximum absolute atomic E-state index is 11.0. The molecule has 1 N–H and O–H groups in total. The van der Waals surface area contributed by atoms with Crippen molar-refractivity contribution in [3.63, 3.8) is 0 Å². The van der Waals surface area contributed by atoms with Gasteiger partial charge in [0.2, 0.25) is 0 Å². The molecule has 0 bridgehead atoms. The lowest BCUT2D eigenvalue weighted by atomic mass is 9.95. The first-order valence-corrected chi connectivity index (χ1v) is 12.8. The number of ether oxygens (including phenoxy) is 1. The van der Waals surface area contributed by atoms with E-state index in [0.29, 0.717) is 12.4 Å². The van der Waals surface area contributed by atoms with Crippen LogP contribution in [-0.2, 0) is 24.2 Å². The molecule has 0 aromatic heterocycles. The van der Waals surface area contributed by atoms with Crippen LogP contribution >= 0.6 is 0 Å². The van der Waals surface area contributed by atoms with E-state index in [1.807, 2.05) is 36.4 Å². The summed E-state index contributed by atoms with van der Waals surface area (Å²) in [5.41, 5.74) is 5.50. The number of unbranched alkanes of at least 4 members (excludes halogenated alkanes) is 7. The van der Waals surface area contributed by atoms with Gasteiger partial charge in [0.25, 0.3) is 0 Å². The fourth-order valence-electron chi connectivity index (χ4n) is 4.34. The van der Waals surface area contributed by atoms with Crippen molar-refractivity contribution in [2.45, 2.75) is 77.7 Å². The Morgan fingerprint density at radius 1 is 0.606 bits per heavy atom. The van der Waals surface area contributed by atoms with Crippen LogP contribution in [0.25, 0.3) is 0 Å². The van der Waals surface area contributed by atoms with Crippen molar-refractivity contribution in [2.24, 2.45) is 0 Å². The summed E-state index contributed by atoms with van der Waals surface area (Å²) in [4.78, 5) is 0.